The number of halogens is 1. The molecule has 2 aromatic heterocycles. The Bertz CT molecular complexity index is 838. The van der Waals surface area contributed by atoms with Crippen LogP contribution < -0.4 is 0 Å². The summed E-state index contributed by atoms with van der Waals surface area (Å²) < 4.78 is 14.9. The van der Waals surface area contributed by atoms with Crippen LogP contribution in [0.15, 0.2) is 36.5 Å². The van der Waals surface area contributed by atoms with Crippen LogP contribution in [-0.4, -0.2) is 30.9 Å². The van der Waals surface area contributed by atoms with E-state index in [2.05, 4.69) is 15.3 Å². The smallest absolute Gasteiger partial charge is 0.186 e. The van der Waals surface area contributed by atoms with Gasteiger partial charge in [0, 0.05) is 18.8 Å². The molecular weight excluding hydrogens is 287 g/mol. The maximum absolute atomic E-state index is 13.3. The van der Waals surface area contributed by atoms with E-state index in [-0.39, 0.29) is 29.2 Å². The largest absolute Gasteiger partial charge is 0.507 e. The van der Waals surface area contributed by atoms with E-state index in [4.69, 9.17) is 0 Å². The van der Waals surface area contributed by atoms with Gasteiger partial charge in [-0.3, -0.25) is 14.6 Å². The Morgan fingerprint density at radius 3 is 2.91 bits per heavy atom. The molecule has 2 N–H and O–H groups in total. The molecule has 6 nitrogen and oxygen atoms in total. The molecule has 3 aromatic rings. The monoisotopic (exact) mass is 300 g/mol. The molecule has 0 amide bonds. The highest BCUT2D eigenvalue weighted by Gasteiger charge is 2.15. The summed E-state index contributed by atoms with van der Waals surface area (Å²) in [5.74, 6) is -0.776. The molecule has 0 saturated carbocycles. The molecule has 0 aliphatic carbocycles. The molecular formula is C15H13FN4O2. The standard InChI is InChI=1S/C15H13FN4O2/c1-20-5-4-10(19-20)7-15(22)13-8-12(17-18-13)11-6-9(16)2-3-14(11)21/h2-6,8,21H,7H2,1H3,(H,17,18). The number of carbonyl (C=O) groups is 1. The van der Waals surface area contributed by atoms with E-state index in [0.717, 1.165) is 6.07 Å². The molecule has 112 valence electrons. The third-order valence-electron chi connectivity index (χ3n) is 3.22. The number of Topliss-reactive ketones (excluding diaryl/α,β-unsaturated/α-hetero) is 1. The number of aromatic hydroxyl groups is 1. The number of aromatic amines is 1. The van der Waals surface area contributed by atoms with Crippen LogP contribution in [0.1, 0.15) is 16.2 Å². The number of ketones is 1. The summed E-state index contributed by atoms with van der Waals surface area (Å²) in [5.41, 5.74) is 1.47. The molecule has 0 fully saturated rings. The number of hydrogen-bond acceptors (Lipinski definition) is 4. The zero-order valence-corrected chi connectivity index (χ0v) is 11.7. The van der Waals surface area contributed by atoms with Crippen LogP contribution in [-0.2, 0) is 13.5 Å². The van der Waals surface area contributed by atoms with E-state index < -0.39 is 5.82 Å². The van der Waals surface area contributed by atoms with Gasteiger partial charge in [-0.25, -0.2) is 4.39 Å². The van der Waals surface area contributed by atoms with Crippen molar-refractivity contribution < 1.29 is 14.3 Å². The van der Waals surface area contributed by atoms with Gasteiger partial charge in [0.1, 0.15) is 17.3 Å². The van der Waals surface area contributed by atoms with Crippen molar-refractivity contribution in [1.29, 1.82) is 0 Å². The number of aromatic nitrogens is 4. The predicted octanol–water partition coefficient (Wildman–Crippen LogP) is 2.08. The molecule has 0 unspecified atom stereocenters. The predicted molar refractivity (Wildman–Crippen MR) is 76.9 cm³/mol. The second-order valence-corrected chi connectivity index (χ2v) is 4.91. The number of phenols is 1. The van der Waals surface area contributed by atoms with Crippen LogP contribution in [0.5, 0.6) is 5.75 Å². The summed E-state index contributed by atoms with van der Waals surface area (Å²) in [6, 6.07) is 6.80. The van der Waals surface area contributed by atoms with E-state index in [9.17, 15) is 14.3 Å². The minimum Gasteiger partial charge on any atom is -0.507 e. The number of hydrogen-bond donors (Lipinski definition) is 2. The number of phenolic OH excluding ortho intramolecular Hbond substituents is 1. The molecule has 0 atom stereocenters. The van der Waals surface area contributed by atoms with Crippen LogP contribution >= 0.6 is 0 Å². The number of nitrogens with one attached hydrogen (secondary N) is 1. The van der Waals surface area contributed by atoms with Crippen LogP contribution in [0.3, 0.4) is 0 Å². The molecule has 0 spiro atoms. The Balaban J connectivity index is 1.84. The van der Waals surface area contributed by atoms with Crippen molar-refractivity contribution in [1.82, 2.24) is 20.0 Å². The van der Waals surface area contributed by atoms with Crippen molar-refractivity contribution in [3.8, 4) is 17.0 Å². The summed E-state index contributed by atoms with van der Waals surface area (Å²) in [7, 11) is 1.77. The fourth-order valence-corrected chi connectivity index (χ4v) is 2.13. The first-order valence-electron chi connectivity index (χ1n) is 6.59. The molecule has 3 rings (SSSR count). The molecule has 7 heteroatoms. The molecule has 0 aliphatic rings. The van der Waals surface area contributed by atoms with E-state index in [1.54, 1.807) is 24.0 Å². The SMILES string of the molecule is Cn1ccc(CC(=O)c2cc(-c3cc(F)ccc3O)n[nH]2)n1. The Morgan fingerprint density at radius 1 is 1.36 bits per heavy atom. The maximum Gasteiger partial charge on any atom is 0.186 e. The first kappa shape index (κ1) is 14.0. The lowest BCUT2D eigenvalue weighted by molar-refractivity contribution is 0.0987. The Morgan fingerprint density at radius 2 is 2.18 bits per heavy atom. The Hall–Kier alpha value is -2.96. The summed E-state index contributed by atoms with van der Waals surface area (Å²) in [6.07, 6.45) is 1.89. The van der Waals surface area contributed by atoms with Crippen molar-refractivity contribution in [3.63, 3.8) is 0 Å². The van der Waals surface area contributed by atoms with Gasteiger partial charge >= 0.3 is 0 Å². The molecule has 0 bridgehead atoms. The Labute approximate surface area is 125 Å². The van der Waals surface area contributed by atoms with E-state index in [1.165, 1.54) is 18.2 Å². The highest BCUT2D eigenvalue weighted by molar-refractivity contribution is 5.96. The van der Waals surface area contributed by atoms with Crippen molar-refractivity contribution in [3.05, 3.63) is 53.7 Å². The number of aryl methyl sites for hydroxylation is 1. The third-order valence-corrected chi connectivity index (χ3v) is 3.22. The van der Waals surface area contributed by atoms with Gasteiger partial charge in [-0.05, 0) is 30.3 Å². The van der Waals surface area contributed by atoms with Gasteiger partial charge < -0.3 is 5.11 Å². The zero-order chi connectivity index (χ0) is 15.7. The van der Waals surface area contributed by atoms with Crippen LogP contribution in [0, 0.1) is 5.82 Å². The lowest BCUT2D eigenvalue weighted by Gasteiger charge is -2.00. The summed E-state index contributed by atoms with van der Waals surface area (Å²) >= 11 is 0. The minimum atomic E-state index is -0.489. The van der Waals surface area contributed by atoms with Crippen molar-refractivity contribution >= 4 is 5.78 Å². The van der Waals surface area contributed by atoms with Crippen molar-refractivity contribution in [2.45, 2.75) is 6.42 Å². The lowest BCUT2D eigenvalue weighted by Crippen LogP contribution is -2.05. The van der Waals surface area contributed by atoms with Gasteiger partial charge in [-0.2, -0.15) is 10.2 Å². The second-order valence-electron chi connectivity index (χ2n) is 4.91. The molecule has 0 aliphatic heterocycles. The number of carbonyl (C=O) groups excluding carboxylic acids is 1. The third kappa shape index (κ3) is 2.73. The number of nitrogens with zero attached hydrogens (tertiary/aromatic N) is 3. The fourth-order valence-electron chi connectivity index (χ4n) is 2.13. The van der Waals surface area contributed by atoms with E-state index in [0.29, 0.717) is 11.4 Å². The Kier molecular flexibility index (Phi) is 3.46. The van der Waals surface area contributed by atoms with Gasteiger partial charge in [-0.15, -0.1) is 0 Å². The van der Waals surface area contributed by atoms with Gasteiger partial charge in [0.25, 0.3) is 0 Å². The van der Waals surface area contributed by atoms with Crippen LogP contribution in [0.4, 0.5) is 4.39 Å². The first-order valence-corrected chi connectivity index (χ1v) is 6.59. The summed E-state index contributed by atoms with van der Waals surface area (Å²) in [5, 5.41) is 20.5. The number of benzene rings is 1. The highest BCUT2D eigenvalue weighted by atomic mass is 19.1. The van der Waals surface area contributed by atoms with Gasteiger partial charge in [0.2, 0.25) is 0 Å². The van der Waals surface area contributed by atoms with Gasteiger partial charge in [-0.1, -0.05) is 0 Å². The second kappa shape index (κ2) is 5.44. The van der Waals surface area contributed by atoms with Gasteiger partial charge in [0.05, 0.1) is 17.8 Å². The molecule has 2 heterocycles. The normalized spacial score (nSPS) is 10.8. The van der Waals surface area contributed by atoms with E-state index >= 15 is 0 Å². The topological polar surface area (TPSA) is 83.8 Å². The molecule has 22 heavy (non-hydrogen) atoms. The number of rotatable bonds is 4. The minimum absolute atomic E-state index is 0.100. The average molecular weight is 300 g/mol. The average Bonchev–Trinajstić information content (AvgIpc) is 3.11. The van der Waals surface area contributed by atoms with Crippen molar-refractivity contribution in [2.24, 2.45) is 7.05 Å². The van der Waals surface area contributed by atoms with Crippen LogP contribution in [0.2, 0.25) is 0 Å². The first-order chi connectivity index (χ1) is 10.5. The van der Waals surface area contributed by atoms with Crippen LogP contribution in [0.25, 0.3) is 11.3 Å². The highest BCUT2D eigenvalue weighted by Crippen LogP contribution is 2.28. The summed E-state index contributed by atoms with van der Waals surface area (Å²) in [4.78, 5) is 12.2. The van der Waals surface area contributed by atoms with Crippen molar-refractivity contribution in [2.75, 3.05) is 0 Å². The molecule has 1 aromatic carbocycles. The zero-order valence-electron chi connectivity index (χ0n) is 11.7. The van der Waals surface area contributed by atoms with E-state index in [1.807, 2.05) is 0 Å². The van der Waals surface area contributed by atoms with Gasteiger partial charge in [0.15, 0.2) is 5.78 Å². The fraction of sp³-hybridized carbons (Fsp3) is 0.133. The number of H-pyrrole nitrogens is 1. The summed E-state index contributed by atoms with van der Waals surface area (Å²) in [6.45, 7) is 0. The quantitative estimate of drug-likeness (QED) is 0.723. The molecule has 0 saturated heterocycles. The maximum atomic E-state index is 13.3. The lowest BCUT2D eigenvalue weighted by atomic mass is 10.1. The molecule has 0 radical (unpaired) electrons.